The zero-order valence-corrected chi connectivity index (χ0v) is 17.0. The van der Waals surface area contributed by atoms with E-state index in [4.69, 9.17) is 9.47 Å². The minimum absolute atomic E-state index is 0.0576. The molecule has 144 valence electrons. The largest absolute Gasteiger partial charge is 0.493 e. The number of hydrogen-bond donors (Lipinski definition) is 0. The number of ether oxygens (including phenoxy) is 2. The first-order chi connectivity index (χ1) is 12.8. The fourth-order valence-electron chi connectivity index (χ4n) is 3.10. The molecule has 2 aliphatic rings. The third-order valence-electron chi connectivity index (χ3n) is 4.44. The summed E-state index contributed by atoms with van der Waals surface area (Å²) < 4.78 is 10.7. The number of benzene rings is 1. The lowest BCUT2D eigenvalue weighted by Gasteiger charge is -2.32. The summed E-state index contributed by atoms with van der Waals surface area (Å²) in [5, 5.41) is 0.396. The smallest absolute Gasteiger partial charge is 0.338 e. The van der Waals surface area contributed by atoms with Gasteiger partial charge in [-0.1, -0.05) is 37.7 Å². The first-order valence-corrected chi connectivity index (χ1v) is 9.81. The van der Waals surface area contributed by atoms with E-state index < -0.39 is 12.0 Å². The second kappa shape index (κ2) is 7.76. The zero-order chi connectivity index (χ0) is 19.7. The monoisotopic (exact) mass is 388 g/mol. The first kappa shape index (κ1) is 19.5. The Morgan fingerprint density at radius 2 is 1.96 bits per heavy atom. The molecule has 1 aromatic rings. The number of amidine groups is 1. The van der Waals surface area contributed by atoms with Crippen LogP contribution in [0.1, 0.15) is 39.3 Å². The number of fused-ring (bicyclic) bond motifs is 1. The molecule has 0 radical (unpaired) electrons. The van der Waals surface area contributed by atoms with E-state index in [0.29, 0.717) is 29.0 Å². The predicted octanol–water partition coefficient (Wildman–Crippen LogP) is 3.54. The summed E-state index contributed by atoms with van der Waals surface area (Å²) in [7, 11) is 1.34. The van der Waals surface area contributed by atoms with Gasteiger partial charge in [0.1, 0.15) is 5.75 Å². The van der Waals surface area contributed by atoms with Crippen LogP contribution < -0.4 is 4.74 Å². The van der Waals surface area contributed by atoms with E-state index in [9.17, 15) is 9.59 Å². The van der Waals surface area contributed by atoms with Crippen molar-refractivity contribution in [2.75, 3.05) is 13.7 Å². The van der Waals surface area contributed by atoms with Crippen molar-refractivity contribution in [2.45, 2.75) is 39.0 Å². The maximum absolute atomic E-state index is 12.8. The Hall–Kier alpha value is -2.28. The van der Waals surface area contributed by atoms with Crippen molar-refractivity contribution in [2.24, 2.45) is 10.9 Å². The van der Waals surface area contributed by atoms with Crippen LogP contribution in [0.25, 0.3) is 0 Å². The summed E-state index contributed by atoms with van der Waals surface area (Å²) in [5.41, 5.74) is 1.79. The molecule has 2 heterocycles. The number of rotatable bonds is 5. The minimum atomic E-state index is -0.547. The van der Waals surface area contributed by atoms with Crippen molar-refractivity contribution < 1.29 is 19.1 Å². The second-order valence-electron chi connectivity index (χ2n) is 7.03. The fraction of sp³-hybridized carbons (Fsp3) is 0.450. The van der Waals surface area contributed by atoms with Crippen molar-refractivity contribution in [3.05, 3.63) is 41.1 Å². The van der Waals surface area contributed by atoms with Gasteiger partial charge >= 0.3 is 5.97 Å². The Kier molecular flexibility index (Phi) is 5.60. The van der Waals surface area contributed by atoms with E-state index in [-0.39, 0.29) is 11.2 Å². The van der Waals surface area contributed by atoms with Gasteiger partial charge in [-0.2, -0.15) is 0 Å². The van der Waals surface area contributed by atoms with E-state index in [0.717, 1.165) is 11.3 Å². The Labute approximate surface area is 163 Å². The lowest BCUT2D eigenvalue weighted by Crippen LogP contribution is -2.40. The Balaban J connectivity index is 2.00. The number of carbonyl (C=O) groups is 2. The molecule has 0 aliphatic carbocycles. The molecule has 0 saturated carbocycles. The maximum atomic E-state index is 12.8. The second-order valence-corrected chi connectivity index (χ2v) is 8.34. The number of carbonyl (C=O) groups excluding carboxylic acids is 2. The van der Waals surface area contributed by atoms with Gasteiger partial charge in [-0.25, -0.2) is 9.79 Å². The van der Waals surface area contributed by atoms with E-state index in [1.54, 1.807) is 11.8 Å². The van der Waals surface area contributed by atoms with E-state index in [1.807, 2.05) is 31.2 Å². The number of aliphatic imine (C=N–C) groups is 1. The highest BCUT2D eigenvalue weighted by Crippen LogP contribution is 2.43. The molecule has 0 spiro atoms. The van der Waals surface area contributed by atoms with Crippen molar-refractivity contribution in [1.82, 2.24) is 4.90 Å². The molecule has 2 atom stereocenters. The highest BCUT2D eigenvalue weighted by Gasteiger charge is 2.46. The first-order valence-electron chi connectivity index (χ1n) is 8.93. The third kappa shape index (κ3) is 3.74. The molecule has 0 N–H and O–H groups in total. The molecule has 1 fully saturated rings. The molecule has 27 heavy (non-hydrogen) atoms. The average molecular weight is 388 g/mol. The highest BCUT2D eigenvalue weighted by molar-refractivity contribution is 8.15. The summed E-state index contributed by atoms with van der Waals surface area (Å²) in [6.45, 7) is 8.43. The normalized spacial score (nSPS) is 22.1. The standard InChI is InChI=1S/C20H24N2O4S/c1-11(2)10-26-15-8-6-14(7-9-15)17-16(19(24)25-5)12(3)21-20-22(17)18(23)13(4)27-20/h6-9,11,13,17H,10H2,1-5H3. The van der Waals surface area contributed by atoms with Crippen LogP contribution in [0.3, 0.4) is 0 Å². The number of allylic oxidation sites excluding steroid dienone is 1. The van der Waals surface area contributed by atoms with Gasteiger partial charge in [0.05, 0.1) is 36.3 Å². The number of nitrogens with zero attached hydrogens (tertiary/aromatic N) is 2. The molecule has 0 bridgehead atoms. The molecular weight excluding hydrogens is 364 g/mol. The summed E-state index contributed by atoms with van der Waals surface area (Å²) in [6.07, 6.45) is 0. The average Bonchev–Trinajstić information content (AvgIpc) is 2.92. The molecule has 1 saturated heterocycles. The molecule has 3 rings (SSSR count). The maximum Gasteiger partial charge on any atom is 0.338 e. The summed E-state index contributed by atoms with van der Waals surface area (Å²) in [6, 6.07) is 6.96. The summed E-state index contributed by atoms with van der Waals surface area (Å²) in [4.78, 5) is 31.3. The number of thioether (sulfide) groups is 1. The Morgan fingerprint density at radius 1 is 1.30 bits per heavy atom. The molecule has 7 heteroatoms. The topological polar surface area (TPSA) is 68.2 Å². The lowest BCUT2D eigenvalue weighted by molar-refractivity contribution is -0.137. The predicted molar refractivity (Wildman–Crippen MR) is 106 cm³/mol. The fourth-order valence-corrected chi connectivity index (χ4v) is 4.13. The number of methoxy groups -OCH3 is 1. The molecule has 1 aromatic carbocycles. The van der Waals surface area contributed by atoms with Gasteiger partial charge in [-0.05, 0) is 37.5 Å². The molecule has 0 aromatic heterocycles. The highest BCUT2D eigenvalue weighted by atomic mass is 32.2. The minimum Gasteiger partial charge on any atom is -0.493 e. The molecule has 6 nitrogen and oxygen atoms in total. The summed E-state index contributed by atoms with van der Waals surface area (Å²) in [5.74, 6) is 0.655. The van der Waals surface area contributed by atoms with Crippen LogP contribution in [0.15, 0.2) is 40.5 Å². The van der Waals surface area contributed by atoms with Gasteiger partial charge in [0.2, 0.25) is 5.91 Å². The number of hydrogen-bond acceptors (Lipinski definition) is 6. The zero-order valence-electron chi connectivity index (χ0n) is 16.2. The van der Waals surface area contributed by atoms with Gasteiger partial charge in [-0.3, -0.25) is 9.69 Å². The van der Waals surface area contributed by atoms with Crippen LogP contribution in [0, 0.1) is 5.92 Å². The number of esters is 1. The Morgan fingerprint density at radius 3 is 2.56 bits per heavy atom. The molecule has 1 amide bonds. The van der Waals surface area contributed by atoms with E-state index in [2.05, 4.69) is 18.8 Å². The van der Waals surface area contributed by atoms with Gasteiger partial charge in [0, 0.05) is 0 Å². The molecule has 2 aliphatic heterocycles. The van der Waals surface area contributed by atoms with Crippen LogP contribution in [0.2, 0.25) is 0 Å². The van der Waals surface area contributed by atoms with E-state index in [1.165, 1.54) is 18.9 Å². The molecular formula is C20H24N2O4S. The van der Waals surface area contributed by atoms with Crippen LogP contribution >= 0.6 is 11.8 Å². The van der Waals surface area contributed by atoms with Crippen molar-refractivity contribution in [3.63, 3.8) is 0 Å². The Bertz CT molecular complexity index is 814. The number of amides is 1. The van der Waals surface area contributed by atoms with Gasteiger partial charge in [0.15, 0.2) is 5.17 Å². The van der Waals surface area contributed by atoms with Crippen LogP contribution in [-0.4, -0.2) is 40.9 Å². The van der Waals surface area contributed by atoms with E-state index >= 15 is 0 Å². The third-order valence-corrected chi connectivity index (χ3v) is 5.50. The van der Waals surface area contributed by atoms with Crippen molar-refractivity contribution >= 4 is 28.8 Å². The van der Waals surface area contributed by atoms with Gasteiger partial charge in [-0.15, -0.1) is 0 Å². The molecule has 2 unspecified atom stereocenters. The van der Waals surface area contributed by atoms with Crippen LogP contribution in [-0.2, 0) is 14.3 Å². The lowest BCUT2D eigenvalue weighted by atomic mass is 9.94. The van der Waals surface area contributed by atoms with Crippen molar-refractivity contribution in [3.8, 4) is 5.75 Å². The van der Waals surface area contributed by atoms with Gasteiger partial charge < -0.3 is 9.47 Å². The SMILES string of the molecule is COC(=O)C1=C(C)N=C2SC(C)C(=O)N2C1c1ccc(OCC(C)C)cc1. The summed E-state index contributed by atoms with van der Waals surface area (Å²) >= 11 is 1.41. The van der Waals surface area contributed by atoms with Crippen LogP contribution in [0.4, 0.5) is 0 Å². The van der Waals surface area contributed by atoms with Crippen molar-refractivity contribution in [1.29, 1.82) is 0 Å². The van der Waals surface area contributed by atoms with Gasteiger partial charge in [0.25, 0.3) is 0 Å². The van der Waals surface area contributed by atoms with Crippen LogP contribution in [0.5, 0.6) is 5.75 Å². The quantitative estimate of drug-likeness (QED) is 0.722.